The summed E-state index contributed by atoms with van der Waals surface area (Å²) in [5, 5.41) is 0. The van der Waals surface area contributed by atoms with Crippen molar-refractivity contribution >= 4 is 0 Å². The monoisotopic (exact) mass is 520 g/mol. The third kappa shape index (κ3) is 19.6. The molecular weight excluding hydrogens is 488 g/mol. The van der Waals surface area contributed by atoms with Gasteiger partial charge in [-0.1, -0.05) is 66.7 Å². The van der Waals surface area contributed by atoms with Crippen LogP contribution in [0.2, 0.25) is 0 Å². The maximum absolute atomic E-state index is 4.02. The fourth-order valence-electron chi connectivity index (χ4n) is 1.73. The molecule has 0 aliphatic heterocycles. The third-order valence-corrected chi connectivity index (χ3v) is 3.30. The number of nitrogens with zero attached hydrogens (tertiary/aromatic N) is 1. The molecule has 4 heteroatoms. The number of hydrogen-bond acceptors (Lipinski definition) is 1. The average Bonchev–Trinajstić information content (AvgIpc) is 2.57. The van der Waals surface area contributed by atoms with Gasteiger partial charge >= 0.3 is 168 Å². The Morgan fingerprint density at radius 1 is 1.00 bits per heavy atom. The summed E-state index contributed by atoms with van der Waals surface area (Å²) in [6, 6.07) is 16.0. The molecule has 2 rings (SSSR count). The topological polar surface area (TPSA) is 12.9 Å². The molecule has 130 valence electrons. The van der Waals surface area contributed by atoms with E-state index in [0.29, 0.717) is 11.8 Å². The summed E-state index contributed by atoms with van der Waals surface area (Å²) in [6.45, 7) is 14.8. The van der Waals surface area contributed by atoms with Gasteiger partial charge in [-0.25, -0.2) is 0 Å². The Bertz CT molecular complexity index is 505. The average molecular weight is 522 g/mol. The van der Waals surface area contributed by atoms with Crippen LogP contribution in [0.25, 0.3) is 0 Å². The van der Waals surface area contributed by atoms with Crippen molar-refractivity contribution in [3.8, 4) is 0 Å². The van der Waals surface area contributed by atoms with E-state index in [-0.39, 0.29) is 175 Å². The van der Waals surface area contributed by atoms with Gasteiger partial charge in [-0.3, -0.25) is 18.3 Å². The Morgan fingerprint density at radius 2 is 1.58 bits per heavy atom. The smallest absolute Gasteiger partial charge is 0.525 e. The van der Waals surface area contributed by atoms with Gasteiger partial charge in [0.05, 0.1) is 0 Å². The standard InChI is InChI=1S/C11H15.C8H9N.C2H6.CH3.K.2Rb/c1-4-10(3)11-7-5-6-9(2)8-11;1-7(2)8-5-3-4-6-9-8;1-2;;;;/h6-8,10H,4H2,1-3H3;4-5,7H,1-2H3;1-2H3;1H3;;;/q-1;-2;;-1;3*+1. The van der Waals surface area contributed by atoms with Gasteiger partial charge in [0.2, 0.25) is 0 Å². The fraction of sp³-hybridized carbons (Fsp3) is 0.455. The number of hydrogen-bond donors (Lipinski definition) is 0. The molecule has 0 saturated carbocycles. The summed E-state index contributed by atoms with van der Waals surface area (Å²) in [7, 11) is 0. The van der Waals surface area contributed by atoms with Crippen LogP contribution < -0.4 is 168 Å². The maximum Gasteiger partial charge on any atom is 1.00 e. The summed E-state index contributed by atoms with van der Waals surface area (Å²) in [6.07, 6.45) is 3.94. The Kier molecular flexibility index (Phi) is 41.0. The molecule has 0 N–H and O–H groups in total. The minimum absolute atomic E-state index is 0. The normalized spacial score (nSPS) is 9.23. The van der Waals surface area contributed by atoms with E-state index in [9.17, 15) is 0 Å². The predicted molar refractivity (Wildman–Crippen MR) is 102 cm³/mol. The van der Waals surface area contributed by atoms with Crippen LogP contribution in [0, 0.1) is 32.7 Å². The largest absolute Gasteiger partial charge is 1.00 e. The van der Waals surface area contributed by atoms with Crippen LogP contribution in [-0.4, -0.2) is 4.98 Å². The SMILES string of the molecule is CC.CC(C)c1c[c-]c[c-]n1.CCC(C)c1c[c-]cc(C)c1.[CH3-].[K+].[Rb+].[Rb+]. The zero-order chi connectivity index (χ0) is 17.0. The summed E-state index contributed by atoms with van der Waals surface area (Å²) >= 11 is 0. The van der Waals surface area contributed by atoms with Gasteiger partial charge in [0.25, 0.3) is 0 Å². The Balaban J connectivity index is -0.0000000913. The quantitative estimate of drug-likeness (QED) is 0.325. The number of aromatic nitrogens is 1. The molecular formula is C22H33KNRb2-. The number of aryl methyl sites for hydroxylation is 1. The molecule has 2 aromatic rings. The van der Waals surface area contributed by atoms with Gasteiger partial charge in [-0.05, 0) is 0 Å². The van der Waals surface area contributed by atoms with E-state index in [1.54, 1.807) is 6.07 Å². The van der Waals surface area contributed by atoms with E-state index in [1.807, 2.05) is 26.0 Å². The first kappa shape index (κ1) is 40.0. The van der Waals surface area contributed by atoms with Crippen LogP contribution in [0.3, 0.4) is 0 Å². The molecule has 0 radical (unpaired) electrons. The van der Waals surface area contributed by atoms with E-state index >= 15 is 0 Å². The summed E-state index contributed by atoms with van der Waals surface area (Å²) in [5.41, 5.74) is 3.77. The second-order valence-corrected chi connectivity index (χ2v) is 5.43. The van der Waals surface area contributed by atoms with E-state index in [1.165, 1.54) is 17.5 Å². The Morgan fingerprint density at radius 3 is 1.92 bits per heavy atom. The van der Waals surface area contributed by atoms with Crippen LogP contribution in [0.1, 0.15) is 76.6 Å². The van der Waals surface area contributed by atoms with E-state index in [0.717, 1.165) is 5.69 Å². The molecule has 0 aliphatic carbocycles. The van der Waals surface area contributed by atoms with Gasteiger partial charge in [-0.15, -0.1) is 0 Å². The van der Waals surface area contributed by atoms with Gasteiger partial charge in [0.1, 0.15) is 0 Å². The van der Waals surface area contributed by atoms with Crippen molar-refractivity contribution < 1.29 is 168 Å². The summed E-state index contributed by atoms with van der Waals surface area (Å²) in [4.78, 5) is 4.02. The first-order valence-corrected chi connectivity index (χ1v) is 8.26. The predicted octanol–water partition coefficient (Wildman–Crippen LogP) is -2.40. The van der Waals surface area contributed by atoms with Crippen molar-refractivity contribution in [2.24, 2.45) is 0 Å². The molecule has 0 amide bonds. The molecule has 1 aromatic carbocycles. The molecule has 1 unspecified atom stereocenters. The third-order valence-electron chi connectivity index (χ3n) is 3.30. The second-order valence-electron chi connectivity index (χ2n) is 5.43. The zero-order valence-electron chi connectivity index (χ0n) is 19.2. The van der Waals surface area contributed by atoms with Crippen LogP contribution in [0.4, 0.5) is 0 Å². The molecule has 0 saturated heterocycles. The Hall–Kier alpha value is 3.62. The van der Waals surface area contributed by atoms with E-state index < -0.39 is 0 Å². The summed E-state index contributed by atoms with van der Waals surface area (Å²) < 4.78 is 0. The Labute approximate surface area is 304 Å². The zero-order valence-corrected chi connectivity index (χ0v) is 32.2. The molecule has 0 bridgehead atoms. The first-order valence-electron chi connectivity index (χ1n) is 8.26. The van der Waals surface area contributed by atoms with E-state index in [4.69, 9.17) is 0 Å². The van der Waals surface area contributed by atoms with Gasteiger partial charge in [0.15, 0.2) is 0 Å². The van der Waals surface area contributed by atoms with Gasteiger partial charge in [0, 0.05) is 0 Å². The van der Waals surface area contributed by atoms with Crippen molar-refractivity contribution in [3.63, 3.8) is 0 Å². The van der Waals surface area contributed by atoms with Crippen molar-refractivity contribution in [2.45, 2.75) is 66.7 Å². The molecule has 0 spiro atoms. The molecule has 1 aromatic heterocycles. The minimum atomic E-state index is 0. The fourth-order valence-corrected chi connectivity index (χ4v) is 1.73. The molecule has 1 heterocycles. The van der Waals surface area contributed by atoms with Crippen molar-refractivity contribution in [3.05, 3.63) is 72.9 Å². The van der Waals surface area contributed by atoms with Crippen molar-refractivity contribution in [1.82, 2.24) is 4.98 Å². The van der Waals surface area contributed by atoms with Crippen LogP contribution in [0.5, 0.6) is 0 Å². The van der Waals surface area contributed by atoms with Crippen LogP contribution in [0.15, 0.2) is 30.3 Å². The molecule has 1 atom stereocenters. The van der Waals surface area contributed by atoms with E-state index in [2.05, 4.69) is 70.1 Å². The van der Waals surface area contributed by atoms with Gasteiger partial charge < -0.3 is 18.5 Å². The first-order chi connectivity index (χ1) is 10.5. The molecule has 0 aliphatic rings. The second kappa shape index (κ2) is 26.7. The molecule has 26 heavy (non-hydrogen) atoms. The van der Waals surface area contributed by atoms with Crippen LogP contribution >= 0.6 is 0 Å². The maximum atomic E-state index is 4.02. The number of pyridine rings is 1. The van der Waals surface area contributed by atoms with Crippen molar-refractivity contribution in [2.75, 3.05) is 0 Å². The number of benzene rings is 1. The summed E-state index contributed by atoms with van der Waals surface area (Å²) in [5.74, 6) is 1.16. The number of rotatable bonds is 3. The van der Waals surface area contributed by atoms with Crippen molar-refractivity contribution in [1.29, 1.82) is 0 Å². The molecule has 1 nitrogen and oxygen atoms in total. The molecule has 0 fully saturated rings. The van der Waals surface area contributed by atoms with Crippen LogP contribution in [-0.2, 0) is 0 Å². The van der Waals surface area contributed by atoms with Gasteiger partial charge in [-0.2, -0.15) is 41.1 Å². The minimum Gasteiger partial charge on any atom is -0.525 e.